The molecule has 3 heteroatoms. The molecule has 1 heterocycles. The second kappa shape index (κ2) is 5.98. The summed E-state index contributed by atoms with van der Waals surface area (Å²) in [6.45, 7) is 4.75. The predicted octanol–water partition coefficient (Wildman–Crippen LogP) is 3.36. The molecule has 1 aromatic carbocycles. The van der Waals surface area contributed by atoms with E-state index in [2.05, 4.69) is 31.9 Å². The first-order valence-corrected chi connectivity index (χ1v) is 8.22. The van der Waals surface area contributed by atoms with Crippen molar-refractivity contribution in [1.82, 2.24) is 4.90 Å². The molecule has 2 aliphatic rings. The van der Waals surface area contributed by atoms with Gasteiger partial charge in [0.25, 0.3) is 0 Å². The number of benzene rings is 1. The Morgan fingerprint density at radius 1 is 1.14 bits per heavy atom. The van der Waals surface area contributed by atoms with E-state index < -0.39 is 6.10 Å². The molecule has 0 spiro atoms. The van der Waals surface area contributed by atoms with Gasteiger partial charge in [0.1, 0.15) is 18.5 Å². The molecule has 21 heavy (non-hydrogen) atoms. The molecule has 1 aliphatic heterocycles. The number of aryl methyl sites for hydroxylation is 1. The number of fused-ring (bicyclic) bond motifs is 1. The average molecular weight is 289 g/mol. The SMILES string of the molecule is Cc1ccc2c(c1C)OCC(N(C)C1CCCCC1)C2O. The summed E-state index contributed by atoms with van der Waals surface area (Å²) in [6, 6.07) is 4.78. The number of rotatable bonds is 2. The fourth-order valence-electron chi connectivity index (χ4n) is 3.80. The number of nitrogens with zero attached hydrogens (tertiary/aromatic N) is 1. The van der Waals surface area contributed by atoms with Crippen LogP contribution in [0.1, 0.15) is 54.9 Å². The van der Waals surface area contributed by atoms with Crippen molar-refractivity contribution in [2.24, 2.45) is 0 Å². The van der Waals surface area contributed by atoms with Gasteiger partial charge in [0.15, 0.2) is 0 Å². The van der Waals surface area contributed by atoms with Gasteiger partial charge in [0, 0.05) is 11.6 Å². The molecule has 1 aromatic rings. The maximum Gasteiger partial charge on any atom is 0.128 e. The van der Waals surface area contributed by atoms with Gasteiger partial charge in [-0.25, -0.2) is 0 Å². The number of likely N-dealkylation sites (N-methyl/N-ethyl adjacent to an activating group) is 1. The molecule has 116 valence electrons. The van der Waals surface area contributed by atoms with Gasteiger partial charge in [0.2, 0.25) is 0 Å². The Labute approximate surface area is 127 Å². The number of ether oxygens (including phenoxy) is 1. The molecular formula is C18H27NO2. The lowest BCUT2D eigenvalue weighted by molar-refractivity contribution is -0.0102. The quantitative estimate of drug-likeness (QED) is 0.906. The standard InChI is InChI=1S/C18H27NO2/c1-12-9-10-15-17(20)16(11-21-18(15)13(12)2)19(3)14-7-5-4-6-8-14/h9-10,14,16-17,20H,4-8,11H2,1-3H3. The van der Waals surface area contributed by atoms with Crippen LogP contribution in [-0.4, -0.2) is 35.7 Å². The van der Waals surface area contributed by atoms with Crippen molar-refractivity contribution in [1.29, 1.82) is 0 Å². The summed E-state index contributed by atoms with van der Waals surface area (Å²) in [6.07, 6.45) is 6.04. The third-order valence-corrected chi connectivity index (χ3v) is 5.46. The Bertz CT molecular complexity index is 508. The van der Waals surface area contributed by atoms with Crippen LogP contribution in [0.2, 0.25) is 0 Å². The molecule has 3 rings (SSSR count). The highest BCUT2D eigenvalue weighted by molar-refractivity contribution is 5.48. The van der Waals surface area contributed by atoms with Crippen LogP contribution in [0.5, 0.6) is 5.75 Å². The normalized spacial score (nSPS) is 26.5. The van der Waals surface area contributed by atoms with E-state index in [-0.39, 0.29) is 6.04 Å². The van der Waals surface area contributed by atoms with Crippen molar-refractivity contribution in [2.75, 3.05) is 13.7 Å². The lowest BCUT2D eigenvalue weighted by atomic mass is 9.90. The third kappa shape index (κ3) is 2.69. The van der Waals surface area contributed by atoms with E-state index >= 15 is 0 Å². The van der Waals surface area contributed by atoms with Crippen molar-refractivity contribution < 1.29 is 9.84 Å². The molecule has 0 radical (unpaired) electrons. The molecule has 2 atom stereocenters. The summed E-state index contributed by atoms with van der Waals surface area (Å²) in [7, 11) is 2.15. The van der Waals surface area contributed by atoms with Gasteiger partial charge in [-0.1, -0.05) is 31.4 Å². The lowest BCUT2D eigenvalue weighted by Crippen LogP contribution is -2.49. The minimum Gasteiger partial charge on any atom is -0.491 e. The van der Waals surface area contributed by atoms with E-state index in [0.717, 1.165) is 16.9 Å². The van der Waals surface area contributed by atoms with Crippen LogP contribution in [0.25, 0.3) is 0 Å². The highest BCUT2D eigenvalue weighted by Gasteiger charge is 2.36. The summed E-state index contributed by atoms with van der Waals surface area (Å²) >= 11 is 0. The Hall–Kier alpha value is -1.06. The Kier molecular flexibility index (Phi) is 4.23. The number of aliphatic hydroxyl groups is 1. The third-order valence-electron chi connectivity index (χ3n) is 5.46. The summed E-state index contributed by atoms with van der Waals surface area (Å²) in [5.41, 5.74) is 3.34. The van der Waals surface area contributed by atoms with Crippen molar-refractivity contribution in [3.05, 3.63) is 28.8 Å². The molecule has 1 N–H and O–H groups in total. The first-order chi connectivity index (χ1) is 10.1. The second-order valence-corrected chi connectivity index (χ2v) is 6.71. The smallest absolute Gasteiger partial charge is 0.128 e. The molecule has 2 unspecified atom stereocenters. The van der Waals surface area contributed by atoms with Crippen LogP contribution in [0.15, 0.2) is 12.1 Å². The van der Waals surface area contributed by atoms with Gasteiger partial charge in [0.05, 0.1) is 6.04 Å². The predicted molar refractivity (Wildman–Crippen MR) is 84.8 cm³/mol. The van der Waals surface area contributed by atoms with Crippen molar-refractivity contribution >= 4 is 0 Å². The van der Waals surface area contributed by atoms with E-state index in [0.29, 0.717) is 12.6 Å². The van der Waals surface area contributed by atoms with Crippen LogP contribution < -0.4 is 4.74 Å². The van der Waals surface area contributed by atoms with Crippen molar-refractivity contribution in [3.63, 3.8) is 0 Å². The minimum absolute atomic E-state index is 0.0720. The monoisotopic (exact) mass is 289 g/mol. The molecule has 1 saturated carbocycles. The molecule has 1 fully saturated rings. The highest BCUT2D eigenvalue weighted by Crippen LogP contribution is 2.38. The van der Waals surface area contributed by atoms with Crippen LogP contribution in [-0.2, 0) is 0 Å². The van der Waals surface area contributed by atoms with Gasteiger partial charge >= 0.3 is 0 Å². The average Bonchev–Trinajstić information content (AvgIpc) is 2.52. The topological polar surface area (TPSA) is 32.7 Å². The minimum atomic E-state index is -0.444. The fourth-order valence-corrected chi connectivity index (χ4v) is 3.80. The van der Waals surface area contributed by atoms with E-state index in [9.17, 15) is 5.11 Å². The molecule has 0 saturated heterocycles. The largest absolute Gasteiger partial charge is 0.491 e. The zero-order valence-corrected chi connectivity index (χ0v) is 13.4. The van der Waals surface area contributed by atoms with Gasteiger partial charge < -0.3 is 9.84 Å². The number of hydrogen-bond donors (Lipinski definition) is 1. The summed E-state index contributed by atoms with van der Waals surface area (Å²) in [5.74, 6) is 0.899. The first kappa shape index (κ1) is 14.9. The van der Waals surface area contributed by atoms with Crippen LogP contribution >= 0.6 is 0 Å². The van der Waals surface area contributed by atoms with E-state index in [1.54, 1.807) is 0 Å². The van der Waals surface area contributed by atoms with Crippen LogP contribution in [0.3, 0.4) is 0 Å². The fraction of sp³-hybridized carbons (Fsp3) is 0.667. The summed E-state index contributed by atoms with van der Waals surface area (Å²) in [4.78, 5) is 2.36. The van der Waals surface area contributed by atoms with Crippen LogP contribution in [0, 0.1) is 13.8 Å². The Morgan fingerprint density at radius 3 is 2.57 bits per heavy atom. The van der Waals surface area contributed by atoms with E-state index in [1.807, 2.05) is 6.07 Å². The van der Waals surface area contributed by atoms with Gasteiger partial charge in [-0.15, -0.1) is 0 Å². The van der Waals surface area contributed by atoms with E-state index in [1.165, 1.54) is 37.7 Å². The lowest BCUT2D eigenvalue weighted by Gasteiger charge is -2.42. The van der Waals surface area contributed by atoms with E-state index in [4.69, 9.17) is 4.74 Å². The Balaban J connectivity index is 1.81. The zero-order valence-electron chi connectivity index (χ0n) is 13.4. The van der Waals surface area contributed by atoms with Gasteiger partial charge in [-0.3, -0.25) is 4.90 Å². The molecule has 1 aliphatic carbocycles. The zero-order chi connectivity index (χ0) is 15.0. The molecular weight excluding hydrogens is 262 g/mol. The van der Waals surface area contributed by atoms with Crippen LogP contribution in [0.4, 0.5) is 0 Å². The maximum atomic E-state index is 10.8. The first-order valence-electron chi connectivity index (χ1n) is 8.22. The number of hydrogen-bond acceptors (Lipinski definition) is 3. The van der Waals surface area contributed by atoms with Crippen molar-refractivity contribution in [3.8, 4) is 5.75 Å². The summed E-state index contributed by atoms with van der Waals surface area (Å²) in [5, 5.41) is 10.8. The summed E-state index contributed by atoms with van der Waals surface area (Å²) < 4.78 is 6.03. The van der Waals surface area contributed by atoms with Crippen molar-refractivity contribution in [2.45, 2.75) is 64.1 Å². The molecule has 3 nitrogen and oxygen atoms in total. The molecule has 0 aromatic heterocycles. The van der Waals surface area contributed by atoms with Gasteiger partial charge in [-0.05, 0) is 44.9 Å². The Morgan fingerprint density at radius 2 is 1.86 bits per heavy atom. The highest BCUT2D eigenvalue weighted by atomic mass is 16.5. The maximum absolute atomic E-state index is 10.8. The second-order valence-electron chi connectivity index (χ2n) is 6.71. The number of aliphatic hydroxyl groups excluding tert-OH is 1. The molecule has 0 amide bonds. The molecule has 0 bridgehead atoms. The van der Waals surface area contributed by atoms with Gasteiger partial charge in [-0.2, -0.15) is 0 Å².